The van der Waals surface area contributed by atoms with Gasteiger partial charge >= 0.3 is 0 Å². The molecule has 132 valence electrons. The van der Waals surface area contributed by atoms with Gasteiger partial charge in [-0.1, -0.05) is 11.6 Å². The minimum absolute atomic E-state index is 0.119. The molecule has 0 spiro atoms. The van der Waals surface area contributed by atoms with Crippen molar-refractivity contribution in [1.29, 1.82) is 0 Å². The SMILES string of the molecule is O=c1ccc(-c2ccncc2)nn1CC1CCCN1c1ncc(Cl)cn1. The first-order valence-corrected chi connectivity index (χ1v) is 8.81. The van der Waals surface area contributed by atoms with Crippen molar-refractivity contribution >= 4 is 17.5 Å². The first-order chi connectivity index (χ1) is 12.7. The maximum atomic E-state index is 12.3. The molecule has 8 heteroatoms. The molecule has 0 saturated carbocycles. The summed E-state index contributed by atoms with van der Waals surface area (Å²) in [6.07, 6.45) is 8.59. The molecular weight excluding hydrogens is 352 g/mol. The van der Waals surface area contributed by atoms with Gasteiger partial charge in [-0.3, -0.25) is 9.78 Å². The third-order valence-corrected chi connectivity index (χ3v) is 4.66. The van der Waals surface area contributed by atoms with E-state index in [9.17, 15) is 4.79 Å². The van der Waals surface area contributed by atoms with Crippen LogP contribution in [-0.2, 0) is 6.54 Å². The van der Waals surface area contributed by atoms with E-state index in [2.05, 4.69) is 25.0 Å². The molecule has 0 N–H and O–H groups in total. The lowest BCUT2D eigenvalue weighted by molar-refractivity contribution is 0.487. The number of aromatic nitrogens is 5. The number of rotatable bonds is 4. The summed E-state index contributed by atoms with van der Waals surface area (Å²) in [6.45, 7) is 1.34. The topological polar surface area (TPSA) is 76.8 Å². The molecule has 1 unspecified atom stereocenters. The molecule has 1 aliphatic heterocycles. The lowest BCUT2D eigenvalue weighted by Gasteiger charge is -2.24. The Morgan fingerprint density at radius 2 is 1.88 bits per heavy atom. The van der Waals surface area contributed by atoms with Crippen LogP contribution in [0.2, 0.25) is 5.02 Å². The van der Waals surface area contributed by atoms with Crippen molar-refractivity contribution in [1.82, 2.24) is 24.7 Å². The van der Waals surface area contributed by atoms with E-state index >= 15 is 0 Å². The fraction of sp³-hybridized carbons (Fsp3) is 0.278. The van der Waals surface area contributed by atoms with E-state index in [1.165, 1.54) is 4.68 Å². The number of nitrogens with zero attached hydrogens (tertiary/aromatic N) is 6. The molecule has 4 heterocycles. The van der Waals surface area contributed by atoms with E-state index in [-0.39, 0.29) is 11.6 Å². The van der Waals surface area contributed by atoms with E-state index in [0.717, 1.165) is 30.6 Å². The smallest absolute Gasteiger partial charge is 0.266 e. The molecule has 7 nitrogen and oxygen atoms in total. The van der Waals surface area contributed by atoms with Gasteiger partial charge in [-0.25, -0.2) is 14.6 Å². The fourth-order valence-electron chi connectivity index (χ4n) is 3.20. The normalized spacial score (nSPS) is 16.8. The number of hydrogen-bond donors (Lipinski definition) is 0. The Balaban J connectivity index is 1.60. The summed E-state index contributed by atoms with van der Waals surface area (Å²) in [5.41, 5.74) is 1.56. The van der Waals surface area contributed by atoms with Crippen molar-refractivity contribution in [2.24, 2.45) is 0 Å². The van der Waals surface area contributed by atoms with Gasteiger partial charge in [0.1, 0.15) is 0 Å². The Kier molecular flexibility index (Phi) is 4.62. The van der Waals surface area contributed by atoms with Gasteiger partial charge in [0.2, 0.25) is 5.95 Å². The second-order valence-corrected chi connectivity index (χ2v) is 6.60. The second kappa shape index (κ2) is 7.21. The average Bonchev–Trinajstić information content (AvgIpc) is 3.13. The largest absolute Gasteiger partial charge is 0.336 e. The Bertz CT molecular complexity index is 944. The molecule has 0 bridgehead atoms. The molecule has 3 aromatic heterocycles. The summed E-state index contributed by atoms with van der Waals surface area (Å²) >= 11 is 5.88. The lowest BCUT2D eigenvalue weighted by Crippen LogP contribution is -2.37. The molecule has 0 radical (unpaired) electrons. The van der Waals surface area contributed by atoms with Gasteiger partial charge in [0.15, 0.2) is 0 Å². The molecule has 1 fully saturated rings. The molecule has 4 rings (SSSR count). The van der Waals surface area contributed by atoms with Crippen molar-refractivity contribution in [3.05, 3.63) is 64.4 Å². The average molecular weight is 369 g/mol. The van der Waals surface area contributed by atoms with Gasteiger partial charge in [-0.15, -0.1) is 0 Å². The number of anilines is 1. The first-order valence-electron chi connectivity index (χ1n) is 8.43. The van der Waals surface area contributed by atoms with Crippen molar-refractivity contribution in [2.45, 2.75) is 25.4 Å². The fourth-order valence-corrected chi connectivity index (χ4v) is 3.30. The third kappa shape index (κ3) is 3.43. The van der Waals surface area contributed by atoms with Crippen LogP contribution in [-0.4, -0.2) is 37.3 Å². The predicted molar refractivity (Wildman–Crippen MR) is 99.1 cm³/mol. The number of hydrogen-bond acceptors (Lipinski definition) is 6. The van der Waals surface area contributed by atoms with Crippen LogP contribution in [0, 0.1) is 0 Å². The Hall–Kier alpha value is -2.80. The highest BCUT2D eigenvalue weighted by Crippen LogP contribution is 2.23. The number of pyridine rings is 1. The predicted octanol–water partition coefficient (Wildman–Crippen LogP) is 2.42. The van der Waals surface area contributed by atoms with Crippen LogP contribution >= 0.6 is 11.6 Å². The minimum atomic E-state index is -0.119. The van der Waals surface area contributed by atoms with Crippen LogP contribution in [0.15, 0.2) is 53.8 Å². The standard InChI is InChI=1S/C18H17ClN6O/c19-14-10-21-18(22-11-14)24-9-1-2-15(24)12-25-17(26)4-3-16(23-25)13-5-7-20-8-6-13/h3-8,10-11,15H,1-2,9,12H2. The van der Waals surface area contributed by atoms with Crippen molar-refractivity contribution in [3.8, 4) is 11.3 Å². The summed E-state index contributed by atoms with van der Waals surface area (Å²) < 4.78 is 1.52. The number of halogens is 1. The van der Waals surface area contributed by atoms with Crippen LogP contribution < -0.4 is 10.5 Å². The Labute approximate surface area is 155 Å². The van der Waals surface area contributed by atoms with Gasteiger partial charge < -0.3 is 4.90 Å². The molecule has 0 amide bonds. The van der Waals surface area contributed by atoms with Crippen molar-refractivity contribution < 1.29 is 0 Å². The first kappa shape index (κ1) is 16.7. The van der Waals surface area contributed by atoms with Gasteiger partial charge in [-0.05, 0) is 31.0 Å². The summed E-state index contributed by atoms with van der Waals surface area (Å²) in [5, 5.41) is 5.04. The third-order valence-electron chi connectivity index (χ3n) is 4.47. The van der Waals surface area contributed by atoms with E-state index in [0.29, 0.717) is 17.5 Å². The maximum Gasteiger partial charge on any atom is 0.266 e. The van der Waals surface area contributed by atoms with Crippen LogP contribution in [0.1, 0.15) is 12.8 Å². The molecule has 0 aliphatic carbocycles. The van der Waals surface area contributed by atoms with Crippen LogP contribution in [0.4, 0.5) is 5.95 Å². The Morgan fingerprint density at radius 1 is 1.12 bits per heavy atom. The molecule has 3 aromatic rings. The van der Waals surface area contributed by atoms with Crippen molar-refractivity contribution in [2.75, 3.05) is 11.4 Å². The van der Waals surface area contributed by atoms with Gasteiger partial charge in [0, 0.05) is 30.6 Å². The summed E-state index contributed by atoms with van der Waals surface area (Å²) in [5.74, 6) is 0.634. The van der Waals surface area contributed by atoms with Crippen molar-refractivity contribution in [3.63, 3.8) is 0 Å². The molecule has 1 aliphatic rings. The molecule has 1 atom stereocenters. The van der Waals surface area contributed by atoms with E-state index in [1.54, 1.807) is 36.9 Å². The zero-order valence-electron chi connectivity index (χ0n) is 14.0. The van der Waals surface area contributed by atoms with Crippen LogP contribution in [0.3, 0.4) is 0 Å². The van der Waals surface area contributed by atoms with Gasteiger partial charge in [0.05, 0.1) is 35.7 Å². The highest BCUT2D eigenvalue weighted by Gasteiger charge is 2.27. The van der Waals surface area contributed by atoms with E-state index in [1.807, 2.05) is 12.1 Å². The maximum absolute atomic E-state index is 12.3. The van der Waals surface area contributed by atoms with E-state index < -0.39 is 0 Å². The van der Waals surface area contributed by atoms with Gasteiger partial charge in [0.25, 0.3) is 5.56 Å². The molecule has 1 saturated heterocycles. The van der Waals surface area contributed by atoms with E-state index in [4.69, 9.17) is 11.6 Å². The van der Waals surface area contributed by atoms with Crippen LogP contribution in [0.25, 0.3) is 11.3 Å². The highest BCUT2D eigenvalue weighted by atomic mass is 35.5. The summed E-state index contributed by atoms with van der Waals surface area (Å²) in [4.78, 5) is 27.0. The lowest BCUT2D eigenvalue weighted by atomic mass is 10.2. The highest BCUT2D eigenvalue weighted by molar-refractivity contribution is 6.30. The molecule has 26 heavy (non-hydrogen) atoms. The summed E-state index contributed by atoms with van der Waals surface area (Å²) in [6, 6.07) is 7.17. The van der Waals surface area contributed by atoms with Crippen LogP contribution in [0.5, 0.6) is 0 Å². The monoisotopic (exact) mass is 368 g/mol. The second-order valence-electron chi connectivity index (χ2n) is 6.17. The zero-order chi connectivity index (χ0) is 17.9. The zero-order valence-corrected chi connectivity index (χ0v) is 14.8. The quantitative estimate of drug-likeness (QED) is 0.703. The summed E-state index contributed by atoms with van der Waals surface area (Å²) in [7, 11) is 0. The molecular formula is C18H17ClN6O. The minimum Gasteiger partial charge on any atom is -0.336 e. The molecule has 0 aromatic carbocycles. The Morgan fingerprint density at radius 3 is 2.65 bits per heavy atom. The van der Waals surface area contributed by atoms with Gasteiger partial charge in [-0.2, -0.15) is 5.10 Å².